The number of benzene rings is 1. The van der Waals surface area contributed by atoms with Crippen LogP contribution in [0.25, 0.3) is 10.9 Å². The van der Waals surface area contributed by atoms with Crippen molar-refractivity contribution < 1.29 is 23.5 Å². The van der Waals surface area contributed by atoms with Crippen molar-refractivity contribution in [2.24, 2.45) is 0 Å². The van der Waals surface area contributed by atoms with Gasteiger partial charge in [0.2, 0.25) is 0 Å². The highest BCUT2D eigenvalue weighted by molar-refractivity contribution is 5.89. The van der Waals surface area contributed by atoms with Crippen molar-refractivity contribution in [2.75, 3.05) is 20.9 Å². The predicted molar refractivity (Wildman–Crippen MR) is 78.3 cm³/mol. The van der Waals surface area contributed by atoms with Crippen LogP contribution in [0.5, 0.6) is 0 Å². The Morgan fingerprint density at radius 2 is 2.00 bits per heavy atom. The minimum absolute atomic E-state index is 0.0602. The standard InChI is InChI=1S/C15H17FN2O4/c1-21-13(19)15(9-16,18-14(20)22-2)7-10-8-17-12-6-4-3-5-11(10)12/h3-6,8,17H,7,9H2,1-2H3,(H,18,20)/t15-/m1/s1. The first kappa shape index (κ1) is 15.8. The van der Waals surface area contributed by atoms with E-state index in [1.807, 2.05) is 24.3 Å². The Bertz CT molecular complexity index is 685. The number of nitrogens with one attached hydrogen (secondary N) is 2. The van der Waals surface area contributed by atoms with Crippen LogP contribution >= 0.6 is 0 Å². The smallest absolute Gasteiger partial charge is 0.407 e. The van der Waals surface area contributed by atoms with Gasteiger partial charge >= 0.3 is 12.1 Å². The second kappa shape index (κ2) is 6.46. The van der Waals surface area contributed by atoms with E-state index >= 15 is 0 Å². The fraction of sp³-hybridized carbons (Fsp3) is 0.333. The normalized spacial score (nSPS) is 13.4. The van der Waals surface area contributed by atoms with Gasteiger partial charge in [-0.05, 0) is 11.6 Å². The first-order chi connectivity index (χ1) is 10.6. The highest BCUT2D eigenvalue weighted by Crippen LogP contribution is 2.24. The largest absolute Gasteiger partial charge is 0.467 e. The molecule has 0 saturated carbocycles. The summed E-state index contributed by atoms with van der Waals surface area (Å²) in [6.45, 7) is -1.12. The number of aromatic amines is 1. The predicted octanol–water partition coefficient (Wildman–Crippen LogP) is 1.95. The van der Waals surface area contributed by atoms with E-state index in [4.69, 9.17) is 0 Å². The number of alkyl halides is 1. The Morgan fingerprint density at radius 1 is 1.27 bits per heavy atom. The van der Waals surface area contributed by atoms with Gasteiger partial charge in [0.15, 0.2) is 5.54 Å². The molecule has 0 saturated heterocycles. The van der Waals surface area contributed by atoms with E-state index < -0.39 is 24.3 Å². The van der Waals surface area contributed by atoms with Gasteiger partial charge in [0.1, 0.15) is 6.67 Å². The summed E-state index contributed by atoms with van der Waals surface area (Å²) in [4.78, 5) is 26.6. The molecule has 118 valence electrons. The maximum atomic E-state index is 13.7. The Labute approximate surface area is 126 Å². The van der Waals surface area contributed by atoms with Gasteiger partial charge in [0.25, 0.3) is 0 Å². The molecule has 0 fully saturated rings. The van der Waals surface area contributed by atoms with Crippen LogP contribution in [0, 0.1) is 0 Å². The molecule has 0 unspecified atom stereocenters. The van der Waals surface area contributed by atoms with Gasteiger partial charge in [-0.25, -0.2) is 14.0 Å². The van der Waals surface area contributed by atoms with Crippen LogP contribution in [0.2, 0.25) is 0 Å². The van der Waals surface area contributed by atoms with Crippen LogP contribution in [0.1, 0.15) is 5.56 Å². The molecule has 0 bridgehead atoms. The van der Waals surface area contributed by atoms with E-state index in [0.717, 1.165) is 25.1 Å². The molecule has 0 radical (unpaired) electrons. The van der Waals surface area contributed by atoms with Crippen LogP contribution in [0.3, 0.4) is 0 Å². The number of halogens is 1. The molecule has 7 heteroatoms. The number of hydrogen-bond donors (Lipinski definition) is 2. The molecule has 0 spiro atoms. The van der Waals surface area contributed by atoms with Crippen LogP contribution in [0.15, 0.2) is 30.5 Å². The van der Waals surface area contributed by atoms with Gasteiger partial charge in [-0.1, -0.05) is 18.2 Å². The van der Waals surface area contributed by atoms with Gasteiger partial charge in [-0.15, -0.1) is 0 Å². The molecule has 2 rings (SSSR count). The van der Waals surface area contributed by atoms with Crippen LogP contribution in [-0.2, 0) is 20.7 Å². The van der Waals surface area contributed by atoms with Crippen molar-refractivity contribution in [1.29, 1.82) is 0 Å². The van der Waals surface area contributed by atoms with E-state index in [-0.39, 0.29) is 6.42 Å². The summed E-state index contributed by atoms with van der Waals surface area (Å²) in [5, 5.41) is 3.10. The molecule has 1 aromatic heterocycles. The summed E-state index contributed by atoms with van der Waals surface area (Å²) in [6, 6.07) is 7.40. The third-order valence-corrected chi connectivity index (χ3v) is 3.50. The molecule has 22 heavy (non-hydrogen) atoms. The molecule has 1 atom stereocenters. The number of aromatic nitrogens is 1. The first-order valence-corrected chi connectivity index (χ1v) is 6.62. The minimum atomic E-state index is -1.83. The number of fused-ring (bicyclic) bond motifs is 1. The van der Waals surface area contributed by atoms with Crippen molar-refractivity contribution in [3.8, 4) is 0 Å². The number of rotatable bonds is 5. The Balaban J connectivity index is 2.40. The number of carbonyl (C=O) groups is 2. The summed E-state index contributed by atoms with van der Waals surface area (Å²) in [6.07, 6.45) is 0.717. The molecule has 1 heterocycles. The lowest BCUT2D eigenvalue weighted by Crippen LogP contribution is -2.58. The molecular formula is C15H17FN2O4. The number of methoxy groups -OCH3 is 2. The van der Waals surface area contributed by atoms with Crippen LogP contribution in [0.4, 0.5) is 9.18 Å². The van der Waals surface area contributed by atoms with Crippen LogP contribution < -0.4 is 5.32 Å². The summed E-state index contributed by atoms with van der Waals surface area (Å²) in [5.41, 5.74) is -0.282. The topological polar surface area (TPSA) is 80.4 Å². The number of carbonyl (C=O) groups excluding carboxylic acids is 2. The molecule has 2 N–H and O–H groups in total. The van der Waals surface area contributed by atoms with Gasteiger partial charge in [0.05, 0.1) is 14.2 Å². The SMILES string of the molecule is COC(=O)N[C@@](CF)(Cc1c[nH]c2ccccc12)C(=O)OC. The van der Waals surface area contributed by atoms with Crippen LogP contribution in [-0.4, -0.2) is 43.5 Å². The van der Waals surface area contributed by atoms with Crippen molar-refractivity contribution in [3.63, 3.8) is 0 Å². The molecule has 0 aliphatic rings. The van der Waals surface area contributed by atoms with E-state index in [1.165, 1.54) is 0 Å². The van der Waals surface area contributed by atoms with Crippen molar-refractivity contribution >= 4 is 23.0 Å². The average Bonchev–Trinajstić information content (AvgIpc) is 2.96. The molecular weight excluding hydrogens is 291 g/mol. The highest BCUT2D eigenvalue weighted by atomic mass is 19.1. The quantitative estimate of drug-likeness (QED) is 0.827. The van der Waals surface area contributed by atoms with Gasteiger partial charge in [-0.2, -0.15) is 0 Å². The van der Waals surface area contributed by atoms with Gasteiger partial charge < -0.3 is 19.8 Å². The highest BCUT2D eigenvalue weighted by Gasteiger charge is 2.42. The minimum Gasteiger partial charge on any atom is -0.467 e. The molecule has 1 amide bonds. The Kier molecular flexibility index (Phi) is 4.65. The fourth-order valence-electron chi connectivity index (χ4n) is 2.35. The number of esters is 1. The van der Waals surface area contributed by atoms with Crippen molar-refractivity contribution in [3.05, 3.63) is 36.0 Å². The Hall–Kier alpha value is -2.57. The summed E-state index contributed by atoms with van der Waals surface area (Å²) >= 11 is 0. The maximum Gasteiger partial charge on any atom is 0.407 e. The van der Waals surface area contributed by atoms with E-state index in [0.29, 0.717) is 5.56 Å². The lowest BCUT2D eigenvalue weighted by molar-refractivity contribution is -0.149. The lowest BCUT2D eigenvalue weighted by atomic mass is 9.92. The third kappa shape index (κ3) is 2.88. The van der Waals surface area contributed by atoms with E-state index in [2.05, 4.69) is 19.8 Å². The monoisotopic (exact) mass is 308 g/mol. The molecule has 1 aromatic carbocycles. The lowest BCUT2D eigenvalue weighted by Gasteiger charge is -2.28. The number of para-hydroxylation sites is 1. The van der Waals surface area contributed by atoms with Crippen molar-refractivity contribution in [1.82, 2.24) is 10.3 Å². The molecule has 6 nitrogen and oxygen atoms in total. The van der Waals surface area contributed by atoms with Gasteiger partial charge in [-0.3, -0.25) is 0 Å². The number of H-pyrrole nitrogens is 1. The summed E-state index contributed by atoms with van der Waals surface area (Å²) in [5.74, 6) is -0.870. The van der Waals surface area contributed by atoms with Crippen molar-refractivity contribution in [2.45, 2.75) is 12.0 Å². The zero-order chi connectivity index (χ0) is 16.2. The molecule has 0 aliphatic carbocycles. The van der Waals surface area contributed by atoms with E-state index in [1.54, 1.807) is 6.20 Å². The zero-order valence-electron chi connectivity index (χ0n) is 12.3. The van der Waals surface area contributed by atoms with E-state index in [9.17, 15) is 14.0 Å². The molecule has 0 aliphatic heterocycles. The number of amides is 1. The third-order valence-electron chi connectivity index (χ3n) is 3.50. The van der Waals surface area contributed by atoms with Gasteiger partial charge in [0, 0.05) is 23.5 Å². The second-order valence-electron chi connectivity index (χ2n) is 4.86. The fourth-order valence-corrected chi connectivity index (χ4v) is 2.35. The average molecular weight is 308 g/mol. The summed E-state index contributed by atoms with van der Waals surface area (Å²) in [7, 11) is 2.28. The Morgan fingerprint density at radius 3 is 2.64 bits per heavy atom. The number of alkyl carbamates (subject to hydrolysis) is 1. The first-order valence-electron chi connectivity index (χ1n) is 6.62. The zero-order valence-corrected chi connectivity index (χ0v) is 12.3. The second-order valence-corrected chi connectivity index (χ2v) is 4.86. The summed E-state index contributed by atoms with van der Waals surface area (Å²) < 4.78 is 22.8. The maximum absolute atomic E-state index is 13.7. The number of hydrogen-bond acceptors (Lipinski definition) is 4. The number of ether oxygens (including phenoxy) is 2. The molecule has 2 aromatic rings.